The van der Waals surface area contributed by atoms with Crippen molar-refractivity contribution >= 4 is 0 Å². The van der Waals surface area contributed by atoms with Crippen LogP contribution in [0.25, 0.3) is 0 Å². The van der Waals surface area contributed by atoms with Crippen molar-refractivity contribution in [1.29, 1.82) is 0 Å². The Labute approximate surface area is 124 Å². The molecule has 21 heavy (non-hydrogen) atoms. The van der Waals surface area contributed by atoms with Gasteiger partial charge in [0.2, 0.25) is 5.89 Å². The monoisotopic (exact) mass is 287 g/mol. The maximum absolute atomic E-state index is 6.09. The molecule has 0 amide bonds. The molecule has 1 aromatic carbocycles. The van der Waals surface area contributed by atoms with Crippen LogP contribution in [0, 0.1) is 6.92 Å². The lowest BCUT2D eigenvalue weighted by molar-refractivity contribution is -0.0922. The molecule has 2 heterocycles. The molecule has 1 aliphatic rings. The fourth-order valence-corrected chi connectivity index (χ4v) is 2.79. The summed E-state index contributed by atoms with van der Waals surface area (Å²) in [6.07, 6.45) is 0.261. The van der Waals surface area contributed by atoms with E-state index >= 15 is 0 Å². The first-order valence-corrected chi connectivity index (χ1v) is 7.38. The van der Waals surface area contributed by atoms with E-state index in [-0.39, 0.29) is 18.2 Å². The van der Waals surface area contributed by atoms with E-state index in [4.69, 9.17) is 9.26 Å². The molecule has 1 fully saturated rings. The number of hydrogen-bond donors (Lipinski definition) is 0. The van der Waals surface area contributed by atoms with E-state index in [1.807, 2.05) is 25.1 Å². The number of nitrogens with zero attached hydrogens (tertiary/aromatic N) is 3. The molecular formula is C16H21N3O2. The molecular weight excluding hydrogens is 266 g/mol. The van der Waals surface area contributed by atoms with Crippen LogP contribution in [-0.2, 0) is 4.74 Å². The van der Waals surface area contributed by atoms with E-state index in [9.17, 15) is 0 Å². The standard InChI is InChI=1S/C16H21N3O2/c1-11-9-19(12(2)16-17-13(3)18-21-16)10-15(20-11)14-7-5-4-6-8-14/h4-8,11-12,15H,9-10H2,1-3H3/t11-,12+,15+/m1/s1. The van der Waals surface area contributed by atoms with Gasteiger partial charge in [-0.1, -0.05) is 35.5 Å². The van der Waals surface area contributed by atoms with Gasteiger partial charge in [-0.15, -0.1) is 0 Å². The summed E-state index contributed by atoms with van der Waals surface area (Å²) >= 11 is 0. The summed E-state index contributed by atoms with van der Waals surface area (Å²) in [5.41, 5.74) is 1.21. The smallest absolute Gasteiger partial charge is 0.243 e. The fourth-order valence-electron chi connectivity index (χ4n) is 2.79. The molecule has 1 saturated heterocycles. The molecule has 3 atom stereocenters. The van der Waals surface area contributed by atoms with Crippen LogP contribution in [0.15, 0.2) is 34.9 Å². The molecule has 0 bridgehead atoms. The van der Waals surface area contributed by atoms with Crippen LogP contribution in [0.2, 0.25) is 0 Å². The Bertz CT molecular complexity index is 584. The molecule has 2 aromatic rings. The van der Waals surface area contributed by atoms with Gasteiger partial charge in [-0.25, -0.2) is 0 Å². The zero-order valence-corrected chi connectivity index (χ0v) is 12.7. The van der Waals surface area contributed by atoms with E-state index in [2.05, 4.69) is 41.0 Å². The maximum atomic E-state index is 6.09. The number of aryl methyl sites for hydroxylation is 1. The highest BCUT2D eigenvalue weighted by Crippen LogP contribution is 2.30. The van der Waals surface area contributed by atoms with Crippen molar-refractivity contribution in [2.75, 3.05) is 13.1 Å². The minimum atomic E-state index is 0.0846. The van der Waals surface area contributed by atoms with Crippen molar-refractivity contribution in [2.24, 2.45) is 0 Å². The predicted octanol–water partition coefficient (Wildman–Crippen LogP) is 2.90. The van der Waals surface area contributed by atoms with E-state index in [1.54, 1.807) is 0 Å². The number of ether oxygens (including phenoxy) is 1. The van der Waals surface area contributed by atoms with Crippen LogP contribution in [0.5, 0.6) is 0 Å². The Kier molecular flexibility index (Phi) is 4.03. The van der Waals surface area contributed by atoms with Gasteiger partial charge >= 0.3 is 0 Å². The lowest BCUT2D eigenvalue weighted by Gasteiger charge is -2.39. The second-order valence-electron chi connectivity index (χ2n) is 5.66. The molecule has 5 nitrogen and oxygen atoms in total. The summed E-state index contributed by atoms with van der Waals surface area (Å²) in [6.45, 7) is 7.75. The molecule has 0 saturated carbocycles. The summed E-state index contributed by atoms with van der Waals surface area (Å²) in [6, 6.07) is 10.5. The molecule has 0 unspecified atom stereocenters. The molecule has 1 aliphatic heterocycles. The van der Waals surface area contributed by atoms with Crippen LogP contribution in [0.4, 0.5) is 0 Å². The highest BCUT2D eigenvalue weighted by molar-refractivity contribution is 5.18. The van der Waals surface area contributed by atoms with Crippen LogP contribution in [-0.4, -0.2) is 34.2 Å². The first kappa shape index (κ1) is 14.2. The van der Waals surface area contributed by atoms with Gasteiger partial charge in [0.25, 0.3) is 0 Å². The first-order chi connectivity index (χ1) is 10.1. The summed E-state index contributed by atoms with van der Waals surface area (Å²) in [7, 11) is 0. The molecule has 3 rings (SSSR count). The van der Waals surface area contributed by atoms with Crippen molar-refractivity contribution in [2.45, 2.75) is 39.0 Å². The number of rotatable bonds is 3. The quantitative estimate of drug-likeness (QED) is 0.868. The van der Waals surface area contributed by atoms with Crippen LogP contribution < -0.4 is 0 Å². The lowest BCUT2D eigenvalue weighted by atomic mass is 10.1. The van der Waals surface area contributed by atoms with E-state index in [1.165, 1.54) is 5.56 Å². The largest absolute Gasteiger partial charge is 0.368 e. The Morgan fingerprint density at radius 3 is 2.67 bits per heavy atom. The van der Waals surface area contributed by atoms with Crippen LogP contribution in [0.3, 0.4) is 0 Å². The number of aromatic nitrogens is 2. The third-order valence-corrected chi connectivity index (χ3v) is 3.91. The summed E-state index contributed by atoms with van der Waals surface area (Å²) in [5.74, 6) is 1.35. The molecule has 0 aliphatic carbocycles. The van der Waals surface area contributed by atoms with Crippen LogP contribution in [0.1, 0.15) is 43.3 Å². The van der Waals surface area contributed by atoms with Crippen LogP contribution >= 0.6 is 0 Å². The highest BCUT2D eigenvalue weighted by atomic mass is 16.5. The zero-order chi connectivity index (χ0) is 14.8. The third-order valence-electron chi connectivity index (χ3n) is 3.91. The van der Waals surface area contributed by atoms with Gasteiger partial charge in [0, 0.05) is 13.1 Å². The average Bonchev–Trinajstić information content (AvgIpc) is 2.93. The molecule has 0 radical (unpaired) electrons. The van der Waals surface area contributed by atoms with Crippen molar-refractivity contribution in [3.05, 3.63) is 47.6 Å². The molecule has 112 valence electrons. The van der Waals surface area contributed by atoms with Crippen molar-refractivity contribution < 1.29 is 9.26 Å². The maximum Gasteiger partial charge on any atom is 0.243 e. The predicted molar refractivity (Wildman–Crippen MR) is 78.8 cm³/mol. The van der Waals surface area contributed by atoms with E-state index in [0.717, 1.165) is 13.1 Å². The minimum Gasteiger partial charge on any atom is -0.368 e. The highest BCUT2D eigenvalue weighted by Gasteiger charge is 2.31. The summed E-state index contributed by atoms with van der Waals surface area (Å²) < 4.78 is 11.4. The topological polar surface area (TPSA) is 51.4 Å². The normalized spacial score (nSPS) is 24.9. The second-order valence-corrected chi connectivity index (χ2v) is 5.66. The van der Waals surface area contributed by atoms with Gasteiger partial charge in [0.15, 0.2) is 5.82 Å². The van der Waals surface area contributed by atoms with E-state index in [0.29, 0.717) is 11.7 Å². The Morgan fingerprint density at radius 1 is 1.24 bits per heavy atom. The molecule has 1 aromatic heterocycles. The van der Waals surface area contributed by atoms with Gasteiger partial charge in [-0.05, 0) is 26.3 Å². The zero-order valence-electron chi connectivity index (χ0n) is 12.7. The Morgan fingerprint density at radius 2 is 2.00 bits per heavy atom. The lowest BCUT2D eigenvalue weighted by Crippen LogP contribution is -2.44. The average molecular weight is 287 g/mol. The van der Waals surface area contributed by atoms with Gasteiger partial charge in [-0.2, -0.15) is 4.98 Å². The summed E-state index contributed by atoms with van der Waals surface area (Å²) in [5, 5.41) is 3.88. The Balaban J connectivity index is 1.77. The fraction of sp³-hybridized carbons (Fsp3) is 0.500. The van der Waals surface area contributed by atoms with Crippen molar-refractivity contribution in [3.63, 3.8) is 0 Å². The molecule has 0 N–H and O–H groups in total. The molecule has 0 spiro atoms. The first-order valence-electron chi connectivity index (χ1n) is 7.38. The third kappa shape index (κ3) is 3.14. The second kappa shape index (κ2) is 5.95. The van der Waals surface area contributed by atoms with E-state index < -0.39 is 0 Å². The van der Waals surface area contributed by atoms with Gasteiger partial charge in [-0.3, -0.25) is 4.90 Å². The molecule has 5 heteroatoms. The Hall–Kier alpha value is -1.72. The van der Waals surface area contributed by atoms with Gasteiger partial charge in [0.1, 0.15) is 0 Å². The minimum absolute atomic E-state index is 0.0846. The van der Waals surface area contributed by atoms with Crippen molar-refractivity contribution in [3.8, 4) is 0 Å². The van der Waals surface area contributed by atoms with Crippen molar-refractivity contribution in [1.82, 2.24) is 15.0 Å². The van der Waals surface area contributed by atoms with Gasteiger partial charge in [0.05, 0.1) is 18.2 Å². The number of hydrogen-bond acceptors (Lipinski definition) is 5. The number of morpholine rings is 1. The SMILES string of the molecule is Cc1noc([C@H](C)N2C[C@@H](C)O[C@H](c3ccccc3)C2)n1. The number of benzene rings is 1. The summed E-state index contributed by atoms with van der Waals surface area (Å²) in [4.78, 5) is 6.69. The van der Waals surface area contributed by atoms with Gasteiger partial charge < -0.3 is 9.26 Å².